The van der Waals surface area contributed by atoms with Crippen molar-refractivity contribution in [2.45, 2.75) is 33.7 Å². The van der Waals surface area contributed by atoms with E-state index in [9.17, 15) is 10.1 Å². The fourth-order valence-electron chi connectivity index (χ4n) is 1.62. The van der Waals surface area contributed by atoms with E-state index in [1.54, 1.807) is 12.1 Å². The molecule has 5 nitrogen and oxygen atoms in total. The third kappa shape index (κ3) is 5.26. The monoisotopic (exact) mass is 266 g/mol. The summed E-state index contributed by atoms with van der Waals surface area (Å²) in [6.45, 7) is 9.40. The molecule has 0 radical (unpaired) electrons. The molecular weight excluding hydrogens is 244 g/mol. The standard InChI is InChI=1S/C14H22N2O3/c1-10(2)15-8-12(4)9-19-14-7-11(3)5-6-13(14)16(17)18/h5-7,10,12,15H,8-9H2,1-4H3. The molecule has 0 heterocycles. The van der Waals surface area contributed by atoms with Gasteiger partial charge in [0.25, 0.3) is 0 Å². The van der Waals surface area contributed by atoms with Gasteiger partial charge in [-0.2, -0.15) is 0 Å². The summed E-state index contributed by atoms with van der Waals surface area (Å²) in [5, 5.41) is 14.2. The van der Waals surface area contributed by atoms with Gasteiger partial charge in [0.1, 0.15) is 0 Å². The van der Waals surface area contributed by atoms with Crippen molar-refractivity contribution in [3.05, 3.63) is 33.9 Å². The highest BCUT2D eigenvalue weighted by Crippen LogP contribution is 2.28. The van der Waals surface area contributed by atoms with Gasteiger partial charge in [-0.05, 0) is 18.6 Å². The second-order valence-corrected chi connectivity index (χ2v) is 5.21. The topological polar surface area (TPSA) is 64.4 Å². The second kappa shape index (κ2) is 7.09. The van der Waals surface area contributed by atoms with Crippen LogP contribution in [-0.4, -0.2) is 24.1 Å². The lowest BCUT2D eigenvalue weighted by atomic mass is 10.2. The molecule has 0 aliphatic carbocycles. The van der Waals surface area contributed by atoms with Gasteiger partial charge in [-0.25, -0.2) is 0 Å². The Labute approximate surface area is 114 Å². The summed E-state index contributed by atoms with van der Waals surface area (Å²) < 4.78 is 5.59. The van der Waals surface area contributed by atoms with Crippen LogP contribution in [0.15, 0.2) is 18.2 Å². The number of rotatable bonds is 7. The van der Waals surface area contributed by atoms with E-state index in [4.69, 9.17) is 4.74 Å². The lowest BCUT2D eigenvalue weighted by Crippen LogP contribution is -2.30. The highest BCUT2D eigenvalue weighted by atomic mass is 16.6. The number of hydrogen-bond acceptors (Lipinski definition) is 4. The van der Waals surface area contributed by atoms with E-state index in [1.807, 2.05) is 6.92 Å². The molecule has 0 aromatic heterocycles. The SMILES string of the molecule is Cc1ccc([N+](=O)[O-])c(OCC(C)CNC(C)C)c1. The first-order valence-electron chi connectivity index (χ1n) is 6.51. The fraction of sp³-hybridized carbons (Fsp3) is 0.571. The van der Waals surface area contributed by atoms with E-state index >= 15 is 0 Å². The van der Waals surface area contributed by atoms with Crippen LogP contribution in [0.2, 0.25) is 0 Å². The molecule has 0 saturated carbocycles. The van der Waals surface area contributed by atoms with Crippen molar-refractivity contribution in [2.75, 3.05) is 13.2 Å². The van der Waals surface area contributed by atoms with Crippen LogP contribution >= 0.6 is 0 Å². The smallest absolute Gasteiger partial charge is 0.310 e. The summed E-state index contributed by atoms with van der Waals surface area (Å²) in [6, 6.07) is 5.34. The normalized spacial score (nSPS) is 12.5. The number of nitro benzene ring substituents is 1. The van der Waals surface area contributed by atoms with Crippen LogP contribution < -0.4 is 10.1 Å². The second-order valence-electron chi connectivity index (χ2n) is 5.21. The molecule has 1 atom stereocenters. The average molecular weight is 266 g/mol. The predicted octanol–water partition coefficient (Wildman–Crippen LogP) is 2.92. The minimum atomic E-state index is -0.411. The molecule has 1 N–H and O–H groups in total. The Morgan fingerprint density at radius 3 is 2.63 bits per heavy atom. The van der Waals surface area contributed by atoms with Gasteiger partial charge in [-0.3, -0.25) is 10.1 Å². The molecule has 0 spiro atoms. The zero-order chi connectivity index (χ0) is 14.4. The van der Waals surface area contributed by atoms with Crippen LogP contribution in [0, 0.1) is 23.0 Å². The molecular formula is C14H22N2O3. The molecule has 106 valence electrons. The third-order valence-corrected chi connectivity index (χ3v) is 2.71. The van der Waals surface area contributed by atoms with Gasteiger partial charge in [-0.15, -0.1) is 0 Å². The highest BCUT2D eigenvalue weighted by molar-refractivity contribution is 5.48. The van der Waals surface area contributed by atoms with Gasteiger partial charge in [0, 0.05) is 24.6 Å². The Bertz CT molecular complexity index is 433. The minimum absolute atomic E-state index is 0.0228. The number of nitro groups is 1. The quantitative estimate of drug-likeness (QED) is 0.608. The van der Waals surface area contributed by atoms with Gasteiger partial charge < -0.3 is 10.1 Å². The Kier molecular flexibility index (Phi) is 5.76. The molecule has 1 unspecified atom stereocenters. The average Bonchev–Trinajstić information content (AvgIpc) is 2.33. The van der Waals surface area contributed by atoms with E-state index < -0.39 is 4.92 Å². The van der Waals surface area contributed by atoms with Crippen molar-refractivity contribution < 1.29 is 9.66 Å². The van der Waals surface area contributed by atoms with E-state index in [-0.39, 0.29) is 5.69 Å². The van der Waals surface area contributed by atoms with Crippen molar-refractivity contribution in [3.8, 4) is 5.75 Å². The summed E-state index contributed by atoms with van der Waals surface area (Å²) in [4.78, 5) is 10.5. The predicted molar refractivity (Wildman–Crippen MR) is 75.6 cm³/mol. The van der Waals surface area contributed by atoms with Crippen molar-refractivity contribution in [2.24, 2.45) is 5.92 Å². The number of hydrogen-bond donors (Lipinski definition) is 1. The first kappa shape index (κ1) is 15.4. The van der Waals surface area contributed by atoms with Gasteiger partial charge in [0.2, 0.25) is 0 Å². The first-order chi connectivity index (χ1) is 8.90. The summed E-state index contributed by atoms with van der Waals surface area (Å²) in [5.41, 5.74) is 0.975. The number of aryl methyl sites for hydroxylation is 1. The maximum absolute atomic E-state index is 10.9. The van der Waals surface area contributed by atoms with Gasteiger partial charge in [0.15, 0.2) is 5.75 Å². The van der Waals surface area contributed by atoms with Crippen LogP contribution in [-0.2, 0) is 0 Å². The Hall–Kier alpha value is -1.62. The maximum atomic E-state index is 10.9. The van der Waals surface area contributed by atoms with Crippen LogP contribution in [0.3, 0.4) is 0 Å². The van der Waals surface area contributed by atoms with Crippen LogP contribution in [0.25, 0.3) is 0 Å². The molecule has 0 aliphatic rings. The molecule has 0 aliphatic heterocycles. The van der Waals surface area contributed by atoms with Crippen LogP contribution in [0.4, 0.5) is 5.69 Å². The van der Waals surface area contributed by atoms with E-state index in [1.165, 1.54) is 6.07 Å². The molecule has 1 aromatic rings. The van der Waals surface area contributed by atoms with Crippen molar-refractivity contribution in [3.63, 3.8) is 0 Å². The molecule has 1 rings (SSSR count). The molecule has 0 amide bonds. The number of nitrogens with zero attached hydrogens (tertiary/aromatic N) is 1. The molecule has 5 heteroatoms. The minimum Gasteiger partial charge on any atom is -0.486 e. The van der Waals surface area contributed by atoms with E-state index in [0.717, 1.165) is 12.1 Å². The molecule has 0 fully saturated rings. The molecule has 0 saturated heterocycles. The van der Waals surface area contributed by atoms with Crippen molar-refractivity contribution in [1.29, 1.82) is 0 Å². The van der Waals surface area contributed by atoms with E-state index in [2.05, 4.69) is 26.1 Å². The largest absolute Gasteiger partial charge is 0.486 e. The van der Waals surface area contributed by atoms with Crippen LogP contribution in [0.1, 0.15) is 26.3 Å². The van der Waals surface area contributed by atoms with Gasteiger partial charge in [-0.1, -0.05) is 26.8 Å². The number of benzene rings is 1. The lowest BCUT2D eigenvalue weighted by Gasteiger charge is -2.16. The third-order valence-electron chi connectivity index (χ3n) is 2.71. The van der Waals surface area contributed by atoms with E-state index in [0.29, 0.717) is 24.3 Å². The van der Waals surface area contributed by atoms with Crippen molar-refractivity contribution in [1.82, 2.24) is 5.32 Å². The zero-order valence-corrected chi connectivity index (χ0v) is 12.0. The van der Waals surface area contributed by atoms with Crippen LogP contribution in [0.5, 0.6) is 5.75 Å². The highest BCUT2D eigenvalue weighted by Gasteiger charge is 2.15. The Morgan fingerprint density at radius 2 is 2.05 bits per heavy atom. The summed E-state index contributed by atoms with van der Waals surface area (Å²) in [6.07, 6.45) is 0. The molecule has 1 aromatic carbocycles. The van der Waals surface area contributed by atoms with Crippen molar-refractivity contribution >= 4 is 5.69 Å². The lowest BCUT2D eigenvalue weighted by molar-refractivity contribution is -0.385. The zero-order valence-electron chi connectivity index (χ0n) is 12.0. The fourth-order valence-corrected chi connectivity index (χ4v) is 1.62. The number of nitrogens with one attached hydrogen (secondary N) is 1. The maximum Gasteiger partial charge on any atom is 0.310 e. The summed E-state index contributed by atoms with van der Waals surface area (Å²) in [7, 11) is 0. The van der Waals surface area contributed by atoms with Gasteiger partial charge >= 0.3 is 5.69 Å². The molecule has 19 heavy (non-hydrogen) atoms. The Balaban J connectivity index is 2.61. The summed E-state index contributed by atoms with van der Waals surface area (Å²) in [5.74, 6) is 0.643. The molecule has 0 bridgehead atoms. The number of ether oxygens (including phenoxy) is 1. The van der Waals surface area contributed by atoms with Gasteiger partial charge in [0.05, 0.1) is 11.5 Å². The first-order valence-corrected chi connectivity index (χ1v) is 6.51. The Morgan fingerprint density at radius 1 is 1.37 bits per heavy atom. The summed E-state index contributed by atoms with van der Waals surface area (Å²) >= 11 is 0.